The van der Waals surface area contributed by atoms with Crippen LogP contribution in [0.15, 0.2) is 42.9 Å². The Hall–Kier alpha value is -3.15. The quantitative estimate of drug-likeness (QED) is 0.550. The molecule has 0 aliphatic heterocycles. The van der Waals surface area contributed by atoms with Crippen LogP contribution in [0.25, 0.3) is 27.8 Å². The van der Waals surface area contributed by atoms with Crippen molar-refractivity contribution in [3.63, 3.8) is 0 Å². The number of hydrogen-bond acceptors (Lipinski definition) is 4. The summed E-state index contributed by atoms with van der Waals surface area (Å²) < 4.78 is 1.70. The molecule has 0 aliphatic carbocycles. The van der Waals surface area contributed by atoms with Crippen molar-refractivity contribution in [1.29, 1.82) is 0 Å². The average Bonchev–Trinajstić information content (AvgIpc) is 3.06. The third-order valence-electron chi connectivity index (χ3n) is 3.56. The Morgan fingerprint density at radius 1 is 1.29 bits per heavy atom. The predicted octanol–water partition coefficient (Wildman–Crippen LogP) is 2.27. The zero-order valence-corrected chi connectivity index (χ0v) is 10.9. The Balaban J connectivity index is 2.00. The molecule has 0 amide bonds. The molecule has 3 N–H and O–H groups in total. The van der Waals surface area contributed by atoms with E-state index in [-0.39, 0.29) is 5.82 Å². The van der Waals surface area contributed by atoms with Gasteiger partial charge in [-0.2, -0.15) is 0 Å². The van der Waals surface area contributed by atoms with E-state index in [0.717, 1.165) is 28.4 Å². The Morgan fingerprint density at radius 2 is 2.19 bits per heavy atom. The fourth-order valence-electron chi connectivity index (χ4n) is 2.55. The van der Waals surface area contributed by atoms with Crippen molar-refractivity contribution in [2.75, 3.05) is 5.73 Å². The summed E-state index contributed by atoms with van der Waals surface area (Å²) in [4.78, 5) is 22.7. The minimum atomic E-state index is 0.239. The third-order valence-corrected chi connectivity index (χ3v) is 3.56. The van der Waals surface area contributed by atoms with Gasteiger partial charge in [-0.3, -0.25) is 9.20 Å². The van der Waals surface area contributed by atoms with Gasteiger partial charge < -0.3 is 10.7 Å². The van der Waals surface area contributed by atoms with Crippen LogP contribution >= 0.6 is 0 Å². The summed E-state index contributed by atoms with van der Waals surface area (Å²) >= 11 is 0. The van der Waals surface area contributed by atoms with Crippen molar-refractivity contribution >= 4 is 28.8 Å². The number of fused-ring (bicyclic) bond motifs is 2. The lowest BCUT2D eigenvalue weighted by molar-refractivity contribution is 0.111. The molecule has 0 saturated carbocycles. The molecule has 0 unspecified atom stereocenters. The van der Waals surface area contributed by atoms with Gasteiger partial charge in [-0.05, 0) is 24.3 Å². The maximum Gasteiger partial charge on any atom is 0.170 e. The molecule has 4 aromatic rings. The number of carbonyl (C=O) groups is 1. The molecule has 4 aromatic heterocycles. The van der Waals surface area contributed by atoms with E-state index in [1.165, 1.54) is 0 Å². The van der Waals surface area contributed by atoms with Crippen molar-refractivity contribution < 1.29 is 4.79 Å². The van der Waals surface area contributed by atoms with Crippen LogP contribution < -0.4 is 5.73 Å². The zero-order chi connectivity index (χ0) is 14.4. The summed E-state index contributed by atoms with van der Waals surface area (Å²) in [7, 11) is 0. The second kappa shape index (κ2) is 4.17. The fraction of sp³-hybridized carbons (Fsp3) is 0. The van der Waals surface area contributed by atoms with Crippen molar-refractivity contribution in [3.05, 3.63) is 48.5 Å². The Labute approximate surface area is 119 Å². The summed E-state index contributed by atoms with van der Waals surface area (Å²) in [6.45, 7) is 0. The van der Waals surface area contributed by atoms with Crippen molar-refractivity contribution in [1.82, 2.24) is 19.4 Å². The largest absolute Gasteiger partial charge is 0.382 e. The third kappa shape index (κ3) is 1.62. The summed E-state index contributed by atoms with van der Waals surface area (Å²) in [5.74, 6) is 0.239. The van der Waals surface area contributed by atoms with Gasteiger partial charge in [0.2, 0.25) is 0 Å². The van der Waals surface area contributed by atoms with Crippen molar-refractivity contribution in [3.8, 4) is 11.1 Å². The number of aromatic amines is 1. The molecular weight excluding hydrogens is 266 g/mol. The monoisotopic (exact) mass is 277 g/mol. The number of anilines is 1. The molecule has 6 heteroatoms. The molecule has 0 atom stereocenters. The van der Waals surface area contributed by atoms with Gasteiger partial charge in [0.05, 0.1) is 0 Å². The Bertz CT molecular complexity index is 982. The van der Waals surface area contributed by atoms with E-state index in [0.29, 0.717) is 11.3 Å². The molecule has 4 rings (SSSR count). The highest BCUT2D eigenvalue weighted by Crippen LogP contribution is 2.28. The molecule has 0 spiro atoms. The van der Waals surface area contributed by atoms with Crippen LogP contribution in [0.1, 0.15) is 10.5 Å². The highest BCUT2D eigenvalue weighted by molar-refractivity contribution is 5.93. The molecular formula is C15H11N5O. The highest BCUT2D eigenvalue weighted by Gasteiger charge is 2.11. The van der Waals surface area contributed by atoms with Gasteiger partial charge in [0, 0.05) is 35.1 Å². The number of carbonyl (C=O) groups excluding carboxylic acids is 1. The van der Waals surface area contributed by atoms with Crippen LogP contribution in [-0.4, -0.2) is 25.6 Å². The van der Waals surface area contributed by atoms with Crippen LogP contribution in [0, 0.1) is 0 Å². The number of hydrogen-bond donors (Lipinski definition) is 2. The van der Waals surface area contributed by atoms with Gasteiger partial charge >= 0.3 is 0 Å². The van der Waals surface area contributed by atoms with Crippen LogP contribution in [0.5, 0.6) is 0 Å². The topological polar surface area (TPSA) is 89.1 Å². The van der Waals surface area contributed by atoms with E-state index >= 15 is 0 Å². The minimum Gasteiger partial charge on any atom is -0.382 e. The first kappa shape index (κ1) is 11.7. The summed E-state index contributed by atoms with van der Waals surface area (Å²) in [5, 5.41) is 1.03. The van der Waals surface area contributed by atoms with E-state index in [4.69, 9.17) is 5.73 Å². The minimum absolute atomic E-state index is 0.239. The number of nitrogens with two attached hydrogens (primary N) is 1. The fourth-order valence-corrected chi connectivity index (χ4v) is 2.55. The van der Waals surface area contributed by atoms with Gasteiger partial charge in [-0.25, -0.2) is 9.97 Å². The Kier molecular flexibility index (Phi) is 2.32. The molecule has 0 radical (unpaired) electrons. The molecule has 0 aliphatic rings. The zero-order valence-electron chi connectivity index (χ0n) is 10.9. The van der Waals surface area contributed by atoms with Gasteiger partial charge in [-0.1, -0.05) is 0 Å². The summed E-state index contributed by atoms with van der Waals surface area (Å²) in [6.07, 6.45) is 6.22. The predicted molar refractivity (Wildman–Crippen MR) is 80.1 cm³/mol. The number of nitrogens with zero attached hydrogens (tertiary/aromatic N) is 3. The van der Waals surface area contributed by atoms with E-state index in [9.17, 15) is 4.79 Å². The molecule has 0 bridgehead atoms. The summed E-state index contributed by atoms with van der Waals surface area (Å²) in [6, 6.07) is 7.69. The molecule has 102 valence electrons. The molecule has 21 heavy (non-hydrogen) atoms. The maximum atomic E-state index is 11.2. The first-order valence-corrected chi connectivity index (χ1v) is 6.43. The van der Waals surface area contributed by atoms with E-state index in [1.807, 2.05) is 36.7 Å². The van der Waals surface area contributed by atoms with Crippen molar-refractivity contribution in [2.24, 2.45) is 0 Å². The van der Waals surface area contributed by atoms with Gasteiger partial charge in [0.1, 0.15) is 17.0 Å². The second-order valence-corrected chi connectivity index (χ2v) is 4.75. The maximum absolute atomic E-state index is 11.2. The molecule has 4 heterocycles. The SMILES string of the molecule is Nc1nc2ccc(-c3c[nH]c4ncccc34)cn2c1C=O. The molecule has 0 saturated heterocycles. The molecule has 6 nitrogen and oxygen atoms in total. The normalized spacial score (nSPS) is 11.2. The van der Waals surface area contributed by atoms with Gasteiger partial charge in [-0.15, -0.1) is 0 Å². The van der Waals surface area contributed by atoms with Crippen molar-refractivity contribution in [2.45, 2.75) is 0 Å². The number of nitrogens with one attached hydrogen (secondary N) is 1. The number of nitrogen functional groups attached to an aromatic ring is 1. The number of pyridine rings is 2. The van der Waals surface area contributed by atoms with Gasteiger partial charge in [0.15, 0.2) is 12.1 Å². The Morgan fingerprint density at radius 3 is 3.05 bits per heavy atom. The lowest BCUT2D eigenvalue weighted by Gasteiger charge is -2.02. The number of H-pyrrole nitrogens is 1. The highest BCUT2D eigenvalue weighted by atomic mass is 16.1. The lowest BCUT2D eigenvalue weighted by Crippen LogP contribution is -1.95. The smallest absolute Gasteiger partial charge is 0.170 e. The van der Waals surface area contributed by atoms with Crippen LogP contribution in [-0.2, 0) is 0 Å². The first-order chi connectivity index (χ1) is 10.3. The van der Waals surface area contributed by atoms with Crippen LogP contribution in [0.3, 0.4) is 0 Å². The lowest BCUT2D eigenvalue weighted by atomic mass is 10.1. The second-order valence-electron chi connectivity index (χ2n) is 4.75. The van der Waals surface area contributed by atoms with E-state index in [2.05, 4.69) is 15.0 Å². The number of imidazole rings is 1. The number of aldehydes is 1. The van der Waals surface area contributed by atoms with E-state index in [1.54, 1.807) is 10.6 Å². The van der Waals surface area contributed by atoms with Gasteiger partial charge in [0.25, 0.3) is 0 Å². The van der Waals surface area contributed by atoms with Crippen LogP contribution in [0.2, 0.25) is 0 Å². The number of aromatic nitrogens is 4. The average molecular weight is 277 g/mol. The first-order valence-electron chi connectivity index (χ1n) is 6.43. The standard InChI is InChI=1S/C15H11N5O/c16-14-12(8-21)20-7-9(3-4-13(20)19-14)11-6-18-15-10(11)2-1-5-17-15/h1-8H,16H2,(H,17,18). The van der Waals surface area contributed by atoms with Crippen LogP contribution in [0.4, 0.5) is 5.82 Å². The molecule has 0 fully saturated rings. The number of rotatable bonds is 2. The molecule has 0 aromatic carbocycles. The summed E-state index contributed by atoms with van der Waals surface area (Å²) in [5.41, 5.74) is 9.56. The van der Waals surface area contributed by atoms with E-state index < -0.39 is 0 Å².